The van der Waals surface area contributed by atoms with Crippen molar-refractivity contribution in [2.24, 2.45) is 0 Å². The van der Waals surface area contributed by atoms with Crippen molar-refractivity contribution >= 4 is 11.9 Å². The molecule has 0 aliphatic rings. The van der Waals surface area contributed by atoms with Crippen LogP contribution in [0.1, 0.15) is 19.4 Å². The number of hydrogen-bond acceptors (Lipinski definition) is 4. The highest BCUT2D eigenvalue weighted by Crippen LogP contribution is 2.11. The highest BCUT2D eigenvalue weighted by molar-refractivity contribution is 5.82. The van der Waals surface area contributed by atoms with Gasteiger partial charge < -0.3 is 20.5 Å². The fourth-order valence-electron chi connectivity index (χ4n) is 1.68. The Kier molecular flexibility index (Phi) is 6.68. The van der Waals surface area contributed by atoms with Crippen LogP contribution in [0.2, 0.25) is 0 Å². The van der Waals surface area contributed by atoms with Gasteiger partial charge in [-0.3, -0.25) is 4.79 Å². The predicted octanol–water partition coefficient (Wildman–Crippen LogP) is 0.941. The number of carboxylic acid groups (broad SMARTS) is 1. The lowest BCUT2D eigenvalue weighted by Crippen LogP contribution is -2.49. The lowest BCUT2D eigenvalue weighted by Gasteiger charge is -2.19. The summed E-state index contributed by atoms with van der Waals surface area (Å²) in [5.41, 5.74) is 1.16. The van der Waals surface area contributed by atoms with Crippen LogP contribution in [0.3, 0.4) is 0 Å². The molecule has 6 heteroatoms. The number of rotatable bonds is 8. The minimum absolute atomic E-state index is 0.0399. The van der Waals surface area contributed by atoms with Gasteiger partial charge in [-0.1, -0.05) is 17.7 Å². The molecule has 0 saturated carbocycles. The summed E-state index contributed by atoms with van der Waals surface area (Å²) in [7, 11) is 0. The van der Waals surface area contributed by atoms with Crippen LogP contribution in [-0.2, 0) is 9.59 Å². The number of benzene rings is 1. The Bertz CT molecular complexity index is 473. The van der Waals surface area contributed by atoms with Crippen molar-refractivity contribution in [3.63, 3.8) is 0 Å². The number of aryl methyl sites for hydroxylation is 1. The maximum absolute atomic E-state index is 11.0. The zero-order valence-electron chi connectivity index (χ0n) is 12.6. The van der Waals surface area contributed by atoms with Crippen molar-refractivity contribution in [1.29, 1.82) is 0 Å². The maximum Gasteiger partial charge on any atom is 0.327 e. The van der Waals surface area contributed by atoms with E-state index in [0.29, 0.717) is 6.61 Å². The van der Waals surface area contributed by atoms with Crippen LogP contribution < -0.4 is 15.4 Å². The Morgan fingerprint density at radius 2 is 1.90 bits per heavy atom. The highest BCUT2D eigenvalue weighted by atomic mass is 16.5. The topological polar surface area (TPSA) is 87.7 Å². The standard InChI is InChI=1S/C15H22N2O4/c1-10-4-6-13(7-5-10)21-9-11(2)16-8-14(15(19)20)17-12(3)18/h4-7,11,14,16H,8-9H2,1-3H3,(H,17,18)(H,19,20). The third kappa shape index (κ3) is 6.76. The molecule has 1 amide bonds. The molecule has 0 aliphatic carbocycles. The van der Waals surface area contributed by atoms with Gasteiger partial charge in [0.25, 0.3) is 0 Å². The summed E-state index contributed by atoms with van der Waals surface area (Å²) < 4.78 is 5.60. The normalized spacial score (nSPS) is 13.3. The van der Waals surface area contributed by atoms with Crippen LogP contribution in [0.4, 0.5) is 0 Å². The highest BCUT2D eigenvalue weighted by Gasteiger charge is 2.18. The van der Waals surface area contributed by atoms with Crippen LogP contribution in [0.25, 0.3) is 0 Å². The number of amides is 1. The van der Waals surface area contributed by atoms with Crippen LogP contribution in [0.5, 0.6) is 5.75 Å². The van der Waals surface area contributed by atoms with Crippen molar-refractivity contribution in [3.05, 3.63) is 29.8 Å². The largest absolute Gasteiger partial charge is 0.492 e. The molecule has 0 aliphatic heterocycles. The Balaban J connectivity index is 2.35. The molecule has 1 aromatic rings. The maximum atomic E-state index is 11.0. The first-order valence-electron chi connectivity index (χ1n) is 6.81. The molecule has 0 spiro atoms. The molecule has 1 rings (SSSR count). The van der Waals surface area contributed by atoms with Gasteiger partial charge >= 0.3 is 5.97 Å². The van der Waals surface area contributed by atoms with Gasteiger partial charge in [-0.2, -0.15) is 0 Å². The van der Waals surface area contributed by atoms with Crippen molar-refractivity contribution in [3.8, 4) is 5.75 Å². The molecule has 0 aromatic heterocycles. The van der Waals surface area contributed by atoms with Crippen LogP contribution >= 0.6 is 0 Å². The molecule has 2 unspecified atom stereocenters. The zero-order chi connectivity index (χ0) is 15.8. The number of carboxylic acids is 1. The van der Waals surface area contributed by atoms with Crippen LogP contribution in [0, 0.1) is 6.92 Å². The minimum Gasteiger partial charge on any atom is -0.492 e. The second-order valence-electron chi connectivity index (χ2n) is 5.02. The van der Waals surface area contributed by atoms with Crippen LogP contribution in [0.15, 0.2) is 24.3 Å². The van der Waals surface area contributed by atoms with Crippen molar-refractivity contribution in [2.45, 2.75) is 32.9 Å². The Hall–Kier alpha value is -2.08. The molecule has 1 aromatic carbocycles. The molecule has 2 atom stereocenters. The van der Waals surface area contributed by atoms with E-state index in [4.69, 9.17) is 9.84 Å². The molecule has 6 nitrogen and oxygen atoms in total. The van der Waals surface area contributed by atoms with Crippen molar-refractivity contribution < 1.29 is 19.4 Å². The van der Waals surface area contributed by atoms with E-state index >= 15 is 0 Å². The SMILES string of the molecule is CC(=O)NC(CNC(C)COc1ccc(C)cc1)C(=O)O. The predicted molar refractivity (Wildman–Crippen MR) is 79.4 cm³/mol. The summed E-state index contributed by atoms with van der Waals surface area (Å²) in [6.07, 6.45) is 0. The summed E-state index contributed by atoms with van der Waals surface area (Å²) in [4.78, 5) is 21.9. The van der Waals surface area contributed by atoms with E-state index in [1.54, 1.807) is 0 Å². The number of hydrogen-bond donors (Lipinski definition) is 3. The fourth-order valence-corrected chi connectivity index (χ4v) is 1.68. The molecule has 3 N–H and O–H groups in total. The van der Waals surface area contributed by atoms with Crippen molar-refractivity contribution in [2.75, 3.05) is 13.2 Å². The second-order valence-corrected chi connectivity index (χ2v) is 5.02. The summed E-state index contributed by atoms with van der Waals surface area (Å²) in [6, 6.07) is 6.72. The third-order valence-electron chi connectivity index (χ3n) is 2.87. The summed E-state index contributed by atoms with van der Waals surface area (Å²) in [6.45, 7) is 5.74. The van der Waals surface area contributed by atoms with E-state index in [9.17, 15) is 9.59 Å². The van der Waals surface area contributed by atoms with Crippen LogP contribution in [-0.4, -0.2) is 42.2 Å². The van der Waals surface area contributed by atoms with E-state index in [-0.39, 0.29) is 18.5 Å². The van der Waals surface area contributed by atoms with Gasteiger partial charge in [0.05, 0.1) is 0 Å². The van der Waals surface area contributed by atoms with Gasteiger partial charge in [-0.25, -0.2) is 4.79 Å². The molecular formula is C15H22N2O4. The lowest BCUT2D eigenvalue weighted by atomic mass is 10.2. The molecular weight excluding hydrogens is 272 g/mol. The first-order valence-corrected chi connectivity index (χ1v) is 6.81. The number of ether oxygens (including phenoxy) is 1. The Morgan fingerprint density at radius 3 is 2.43 bits per heavy atom. The van der Waals surface area contributed by atoms with Crippen molar-refractivity contribution in [1.82, 2.24) is 10.6 Å². The minimum atomic E-state index is -1.07. The van der Waals surface area contributed by atoms with E-state index in [2.05, 4.69) is 10.6 Å². The van der Waals surface area contributed by atoms with Gasteiger partial charge in [0, 0.05) is 19.5 Å². The van der Waals surface area contributed by atoms with Gasteiger partial charge in [-0.15, -0.1) is 0 Å². The second kappa shape index (κ2) is 8.26. The average molecular weight is 294 g/mol. The summed E-state index contributed by atoms with van der Waals surface area (Å²) >= 11 is 0. The summed E-state index contributed by atoms with van der Waals surface area (Å²) in [5.74, 6) is -0.664. The van der Waals surface area contributed by atoms with E-state index in [1.165, 1.54) is 6.92 Å². The number of nitrogens with one attached hydrogen (secondary N) is 2. The molecule has 0 fully saturated rings. The van der Waals surface area contributed by atoms with E-state index < -0.39 is 12.0 Å². The number of aliphatic carboxylic acids is 1. The number of carbonyl (C=O) groups is 2. The Morgan fingerprint density at radius 1 is 1.29 bits per heavy atom. The number of carbonyl (C=O) groups excluding carboxylic acids is 1. The molecule has 0 radical (unpaired) electrons. The van der Waals surface area contributed by atoms with Gasteiger partial charge in [0.15, 0.2) is 0 Å². The smallest absolute Gasteiger partial charge is 0.327 e. The first kappa shape index (κ1) is 17.0. The van der Waals surface area contributed by atoms with Gasteiger partial charge in [0.1, 0.15) is 18.4 Å². The first-order chi connectivity index (χ1) is 9.88. The molecule has 21 heavy (non-hydrogen) atoms. The van der Waals surface area contributed by atoms with Gasteiger partial charge in [0.2, 0.25) is 5.91 Å². The fraction of sp³-hybridized carbons (Fsp3) is 0.467. The zero-order valence-corrected chi connectivity index (χ0v) is 12.6. The van der Waals surface area contributed by atoms with Gasteiger partial charge in [-0.05, 0) is 26.0 Å². The molecule has 0 saturated heterocycles. The monoisotopic (exact) mass is 294 g/mol. The van der Waals surface area contributed by atoms with E-state index in [1.807, 2.05) is 38.1 Å². The summed E-state index contributed by atoms with van der Waals surface area (Å²) in [5, 5.41) is 14.4. The molecule has 116 valence electrons. The Labute approximate surface area is 124 Å². The van der Waals surface area contributed by atoms with E-state index in [0.717, 1.165) is 11.3 Å². The quantitative estimate of drug-likeness (QED) is 0.664. The molecule has 0 bridgehead atoms. The lowest BCUT2D eigenvalue weighted by molar-refractivity contribution is -0.141. The molecule has 0 heterocycles. The average Bonchev–Trinajstić information content (AvgIpc) is 2.42. The third-order valence-corrected chi connectivity index (χ3v) is 2.87.